The van der Waals surface area contributed by atoms with Gasteiger partial charge in [-0.3, -0.25) is 4.98 Å². The first-order valence-corrected chi connectivity index (χ1v) is 6.43. The summed E-state index contributed by atoms with van der Waals surface area (Å²) in [5, 5.41) is 1.32. The summed E-state index contributed by atoms with van der Waals surface area (Å²) in [5.41, 5.74) is 1.43. The zero-order chi connectivity index (χ0) is 11.7. The molecule has 0 radical (unpaired) electrons. The van der Waals surface area contributed by atoms with Gasteiger partial charge in [-0.25, -0.2) is 4.98 Å². The van der Waals surface area contributed by atoms with E-state index in [1.54, 1.807) is 6.07 Å². The predicted octanol–water partition coefficient (Wildman–Crippen LogP) is 4.71. The molecule has 2 aromatic rings. The van der Waals surface area contributed by atoms with Gasteiger partial charge < -0.3 is 0 Å². The van der Waals surface area contributed by atoms with Crippen molar-refractivity contribution in [2.45, 2.75) is 0 Å². The van der Waals surface area contributed by atoms with Gasteiger partial charge >= 0.3 is 0 Å². The monoisotopic (exact) mass is 384 g/mol. The highest BCUT2D eigenvalue weighted by atomic mass is 127. The third-order valence-corrected chi connectivity index (χ3v) is 3.66. The van der Waals surface area contributed by atoms with E-state index < -0.39 is 0 Å². The first kappa shape index (κ1) is 12.4. The Labute approximate surface area is 121 Å². The third kappa shape index (κ3) is 2.42. The standard InChI is InChI=1S/C10H4Cl3IN2/c11-6-3-1-2-5(8(6)13)9-10(14)16-7(12)4-15-9/h1-4H. The lowest BCUT2D eigenvalue weighted by Crippen LogP contribution is -1.93. The van der Waals surface area contributed by atoms with E-state index in [-0.39, 0.29) is 0 Å². The summed E-state index contributed by atoms with van der Waals surface area (Å²) in [6, 6.07) is 5.38. The highest BCUT2D eigenvalue weighted by Gasteiger charge is 2.12. The van der Waals surface area contributed by atoms with Crippen molar-refractivity contribution in [1.82, 2.24) is 9.97 Å². The normalized spacial score (nSPS) is 10.5. The Morgan fingerprint density at radius 3 is 2.56 bits per heavy atom. The third-order valence-electron chi connectivity index (χ3n) is 1.91. The predicted molar refractivity (Wildman–Crippen MR) is 75.2 cm³/mol. The summed E-state index contributed by atoms with van der Waals surface area (Å²) in [5.74, 6) is 0. The maximum Gasteiger partial charge on any atom is 0.148 e. The maximum atomic E-state index is 6.10. The molecule has 0 saturated heterocycles. The van der Waals surface area contributed by atoms with Gasteiger partial charge in [0.2, 0.25) is 0 Å². The van der Waals surface area contributed by atoms with E-state index in [0.29, 0.717) is 24.6 Å². The van der Waals surface area contributed by atoms with Crippen molar-refractivity contribution in [3.05, 3.63) is 43.3 Å². The van der Waals surface area contributed by atoms with Crippen molar-refractivity contribution in [2.75, 3.05) is 0 Å². The lowest BCUT2D eigenvalue weighted by molar-refractivity contribution is 1.17. The summed E-state index contributed by atoms with van der Waals surface area (Å²) in [6.07, 6.45) is 1.48. The van der Waals surface area contributed by atoms with Crippen LogP contribution in [0.15, 0.2) is 24.4 Å². The van der Waals surface area contributed by atoms with Crippen molar-refractivity contribution in [3.8, 4) is 11.3 Å². The fraction of sp³-hybridized carbons (Fsp3) is 0. The zero-order valence-electron chi connectivity index (χ0n) is 7.72. The Hall–Kier alpha value is -0.100. The van der Waals surface area contributed by atoms with Gasteiger partial charge in [-0.1, -0.05) is 46.9 Å². The maximum absolute atomic E-state index is 6.10. The summed E-state index contributed by atoms with van der Waals surface area (Å²) in [6.45, 7) is 0. The van der Waals surface area contributed by atoms with Crippen LogP contribution in [-0.4, -0.2) is 9.97 Å². The molecule has 2 nitrogen and oxygen atoms in total. The van der Waals surface area contributed by atoms with Gasteiger partial charge in [-0.05, 0) is 28.7 Å². The van der Waals surface area contributed by atoms with E-state index in [9.17, 15) is 0 Å². The van der Waals surface area contributed by atoms with Crippen LogP contribution < -0.4 is 0 Å². The Morgan fingerprint density at radius 2 is 1.88 bits per heavy atom. The van der Waals surface area contributed by atoms with Crippen LogP contribution >= 0.6 is 57.4 Å². The average Bonchev–Trinajstić information content (AvgIpc) is 2.23. The molecule has 0 atom stereocenters. The summed E-state index contributed by atoms with van der Waals surface area (Å²) in [4.78, 5) is 8.31. The molecule has 0 unspecified atom stereocenters. The van der Waals surface area contributed by atoms with Gasteiger partial charge in [0.05, 0.1) is 16.2 Å². The van der Waals surface area contributed by atoms with Crippen LogP contribution in [0.25, 0.3) is 11.3 Å². The summed E-state index contributed by atoms with van der Waals surface area (Å²) in [7, 11) is 0. The van der Waals surface area contributed by atoms with E-state index in [1.165, 1.54) is 6.20 Å². The van der Waals surface area contributed by atoms with E-state index in [0.717, 1.165) is 5.56 Å². The largest absolute Gasteiger partial charge is 0.250 e. The summed E-state index contributed by atoms with van der Waals surface area (Å²) < 4.78 is 0.689. The molecular weight excluding hydrogens is 381 g/mol. The Kier molecular flexibility index (Phi) is 3.89. The number of halogens is 4. The van der Waals surface area contributed by atoms with Gasteiger partial charge in [-0.2, -0.15) is 0 Å². The van der Waals surface area contributed by atoms with Crippen LogP contribution in [0.5, 0.6) is 0 Å². The minimum atomic E-state index is 0.353. The van der Waals surface area contributed by atoms with Crippen molar-refractivity contribution < 1.29 is 0 Å². The molecule has 1 aromatic heterocycles. The lowest BCUT2D eigenvalue weighted by atomic mass is 10.1. The van der Waals surface area contributed by atoms with E-state index in [2.05, 4.69) is 32.6 Å². The van der Waals surface area contributed by atoms with Gasteiger partial charge in [0, 0.05) is 5.56 Å². The fourth-order valence-corrected chi connectivity index (χ4v) is 2.57. The molecule has 0 N–H and O–H groups in total. The molecule has 0 aliphatic heterocycles. The number of aromatic nitrogens is 2. The highest BCUT2D eigenvalue weighted by molar-refractivity contribution is 14.1. The van der Waals surface area contributed by atoms with Crippen molar-refractivity contribution in [2.24, 2.45) is 0 Å². The summed E-state index contributed by atoms with van der Waals surface area (Å²) >= 11 is 19.8. The molecule has 1 aromatic carbocycles. The average molecular weight is 385 g/mol. The Morgan fingerprint density at radius 1 is 1.12 bits per heavy atom. The Bertz CT molecular complexity index is 546. The van der Waals surface area contributed by atoms with Gasteiger partial charge in [0.1, 0.15) is 14.5 Å². The number of rotatable bonds is 1. The smallest absolute Gasteiger partial charge is 0.148 e. The van der Waals surface area contributed by atoms with Gasteiger partial charge in [0.15, 0.2) is 0 Å². The number of hydrogen-bond donors (Lipinski definition) is 0. The van der Waals surface area contributed by atoms with E-state index in [1.807, 2.05) is 12.1 Å². The zero-order valence-corrected chi connectivity index (χ0v) is 12.1. The van der Waals surface area contributed by atoms with E-state index >= 15 is 0 Å². The molecule has 0 amide bonds. The molecular formula is C10H4Cl3IN2. The van der Waals surface area contributed by atoms with Crippen LogP contribution in [-0.2, 0) is 0 Å². The molecule has 0 aliphatic carbocycles. The van der Waals surface area contributed by atoms with Crippen LogP contribution in [0.3, 0.4) is 0 Å². The quantitative estimate of drug-likeness (QED) is 0.665. The molecule has 0 bridgehead atoms. The van der Waals surface area contributed by atoms with Crippen molar-refractivity contribution in [3.63, 3.8) is 0 Å². The lowest BCUT2D eigenvalue weighted by Gasteiger charge is -2.06. The molecule has 16 heavy (non-hydrogen) atoms. The molecule has 6 heteroatoms. The Balaban J connectivity index is 2.63. The second kappa shape index (κ2) is 5.04. The first-order valence-electron chi connectivity index (χ1n) is 4.22. The van der Waals surface area contributed by atoms with Crippen LogP contribution in [0, 0.1) is 3.70 Å². The number of benzene rings is 1. The minimum Gasteiger partial charge on any atom is -0.250 e. The van der Waals surface area contributed by atoms with Crippen LogP contribution in [0.2, 0.25) is 15.2 Å². The second-order valence-corrected chi connectivity index (χ2v) is 5.13. The molecule has 82 valence electrons. The van der Waals surface area contributed by atoms with Crippen molar-refractivity contribution in [1.29, 1.82) is 0 Å². The highest BCUT2D eigenvalue weighted by Crippen LogP contribution is 2.34. The fourth-order valence-electron chi connectivity index (χ4n) is 1.21. The molecule has 0 fully saturated rings. The topological polar surface area (TPSA) is 25.8 Å². The van der Waals surface area contributed by atoms with Gasteiger partial charge in [0.25, 0.3) is 0 Å². The first-order chi connectivity index (χ1) is 7.59. The SMILES string of the molecule is Clc1cnc(-c2cccc(Cl)c2Cl)c(I)n1. The molecule has 0 aliphatic rings. The second-order valence-electron chi connectivity index (χ2n) is 2.93. The van der Waals surface area contributed by atoms with Crippen LogP contribution in [0.1, 0.15) is 0 Å². The molecule has 1 heterocycles. The number of nitrogens with zero attached hydrogens (tertiary/aromatic N) is 2. The van der Waals surface area contributed by atoms with Crippen molar-refractivity contribution >= 4 is 57.4 Å². The minimum absolute atomic E-state index is 0.353. The molecule has 0 spiro atoms. The van der Waals surface area contributed by atoms with Gasteiger partial charge in [-0.15, -0.1) is 0 Å². The number of hydrogen-bond acceptors (Lipinski definition) is 2. The van der Waals surface area contributed by atoms with E-state index in [4.69, 9.17) is 34.8 Å². The molecule has 2 rings (SSSR count). The van der Waals surface area contributed by atoms with Crippen LogP contribution in [0.4, 0.5) is 0 Å². The molecule has 0 saturated carbocycles.